The Morgan fingerprint density at radius 1 is 1.50 bits per heavy atom. The predicted molar refractivity (Wildman–Crippen MR) is 60.0 cm³/mol. The summed E-state index contributed by atoms with van der Waals surface area (Å²) >= 11 is 5.72. The molecule has 0 aliphatic carbocycles. The second-order valence-electron chi connectivity index (χ2n) is 2.99. The average Bonchev–Trinajstić information content (AvgIpc) is 2.17. The Hall–Kier alpha value is -0.560. The van der Waals surface area contributed by atoms with E-state index < -0.39 is 7.37 Å². The lowest BCUT2D eigenvalue weighted by Gasteiger charge is -2.08. The first-order valence-electron chi connectivity index (χ1n) is 4.13. The zero-order valence-electron chi connectivity index (χ0n) is 7.94. The van der Waals surface area contributed by atoms with Gasteiger partial charge in [0.05, 0.1) is 6.61 Å². The van der Waals surface area contributed by atoms with Crippen LogP contribution in [0.3, 0.4) is 0 Å². The molecular formula is C10H12ClO2P. The third kappa shape index (κ3) is 3.67. The van der Waals surface area contributed by atoms with Gasteiger partial charge in [-0.2, -0.15) is 0 Å². The molecule has 0 N–H and O–H groups in total. The van der Waals surface area contributed by atoms with Crippen molar-refractivity contribution in [1.82, 2.24) is 0 Å². The number of hydrogen-bond acceptors (Lipinski definition) is 2. The maximum Gasteiger partial charge on any atom is 0.221 e. The van der Waals surface area contributed by atoms with Crippen LogP contribution in [-0.2, 0) is 15.7 Å². The smallest absolute Gasteiger partial charge is 0.221 e. The van der Waals surface area contributed by atoms with E-state index in [1.165, 1.54) is 12.5 Å². The second kappa shape index (κ2) is 4.79. The van der Waals surface area contributed by atoms with Gasteiger partial charge in [-0.05, 0) is 23.5 Å². The molecule has 0 saturated heterocycles. The van der Waals surface area contributed by atoms with E-state index >= 15 is 0 Å². The fourth-order valence-corrected chi connectivity index (χ4v) is 1.47. The van der Waals surface area contributed by atoms with Gasteiger partial charge in [-0.3, -0.25) is 4.57 Å². The summed E-state index contributed by atoms with van der Waals surface area (Å²) in [5, 5.41) is 0.678. The van der Waals surface area contributed by atoms with Gasteiger partial charge in [-0.15, -0.1) is 0 Å². The summed E-state index contributed by atoms with van der Waals surface area (Å²) in [5.41, 5.74) is 0.943. The fraction of sp³-hybridized carbons (Fsp3) is 0.200. The molecule has 0 aromatic heterocycles. The molecule has 0 bridgehead atoms. The van der Waals surface area contributed by atoms with Crippen LogP contribution in [0.4, 0.5) is 0 Å². The van der Waals surface area contributed by atoms with E-state index in [1.54, 1.807) is 12.1 Å². The van der Waals surface area contributed by atoms with Gasteiger partial charge in [0.25, 0.3) is 0 Å². The summed E-state index contributed by atoms with van der Waals surface area (Å²) in [6.07, 6.45) is 0. The van der Waals surface area contributed by atoms with Gasteiger partial charge in [0.15, 0.2) is 0 Å². The Morgan fingerprint density at radius 2 is 2.07 bits per heavy atom. The van der Waals surface area contributed by atoms with E-state index in [0.717, 1.165) is 5.56 Å². The molecule has 0 radical (unpaired) electrons. The highest BCUT2D eigenvalue weighted by Crippen LogP contribution is 2.44. The van der Waals surface area contributed by atoms with Crippen LogP contribution >= 0.6 is 19.0 Å². The molecule has 14 heavy (non-hydrogen) atoms. The van der Waals surface area contributed by atoms with Crippen LogP contribution in [0.1, 0.15) is 5.56 Å². The van der Waals surface area contributed by atoms with Gasteiger partial charge >= 0.3 is 0 Å². The minimum atomic E-state index is -2.62. The maximum atomic E-state index is 11.5. The van der Waals surface area contributed by atoms with E-state index in [-0.39, 0.29) is 0 Å². The molecule has 0 saturated carbocycles. The molecule has 0 aliphatic heterocycles. The topological polar surface area (TPSA) is 26.3 Å². The number of benzene rings is 1. The van der Waals surface area contributed by atoms with Crippen molar-refractivity contribution >= 4 is 19.0 Å². The van der Waals surface area contributed by atoms with E-state index in [0.29, 0.717) is 11.6 Å². The third-order valence-electron chi connectivity index (χ3n) is 1.73. The first-order valence-corrected chi connectivity index (χ1v) is 6.65. The molecule has 4 heteroatoms. The molecular weight excluding hydrogens is 219 g/mol. The van der Waals surface area contributed by atoms with Gasteiger partial charge in [0.1, 0.15) is 0 Å². The second-order valence-corrected chi connectivity index (χ2v) is 5.87. The monoisotopic (exact) mass is 230 g/mol. The van der Waals surface area contributed by atoms with Gasteiger partial charge in [-0.1, -0.05) is 30.3 Å². The normalized spacial score (nSPS) is 14.7. The van der Waals surface area contributed by atoms with Gasteiger partial charge in [0.2, 0.25) is 7.37 Å². The summed E-state index contributed by atoms with van der Waals surface area (Å²) < 4.78 is 16.7. The van der Waals surface area contributed by atoms with Crippen molar-refractivity contribution in [3.8, 4) is 0 Å². The molecule has 1 rings (SSSR count). The molecule has 1 aromatic carbocycles. The first-order chi connectivity index (χ1) is 6.53. The van der Waals surface area contributed by atoms with Crippen molar-refractivity contribution in [1.29, 1.82) is 0 Å². The van der Waals surface area contributed by atoms with Crippen LogP contribution in [0, 0.1) is 0 Å². The van der Waals surface area contributed by atoms with Crippen LogP contribution in [0.2, 0.25) is 5.02 Å². The van der Waals surface area contributed by atoms with Crippen molar-refractivity contribution in [2.45, 2.75) is 6.61 Å². The SMILES string of the molecule is C=CP(C)(=O)OCc1ccc(Cl)cc1. The van der Waals surface area contributed by atoms with Gasteiger partial charge < -0.3 is 4.52 Å². The molecule has 1 unspecified atom stereocenters. The molecule has 76 valence electrons. The minimum Gasteiger partial charge on any atom is -0.321 e. The van der Waals surface area contributed by atoms with E-state index in [4.69, 9.17) is 16.1 Å². The number of rotatable bonds is 4. The van der Waals surface area contributed by atoms with Crippen LogP contribution < -0.4 is 0 Å². The molecule has 1 atom stereocenters. The van der Waals surface area contributed by atoms with Crippen molar-refractivity contribution < 1.29 is 9.09 Å². The molecule has 0 fully saturated rings. The van der Waals surface area contributed by atoms with E-state index in [9.17, 15) is 4.57 Å². The van der Waals surface area contributed by atoms with Crippen LogP contribution in [0.5, 0.6) is 0 Å². The molecule has 0 aliphatic rings. The predicted octanol–water partition coefficient (Wildman–Crippen LogP) is 3.91. The standard InChI is InChI=1S/C10H12ClO2P/c1-3-14(2,12)13-8-9-4-6-10(11)7-5-9/h3-7H,1,8H2,2H3. The Balaban J connectivity index is 2.58. The zero-order valence-corrected chi connectivity index (χ0v) is 9.59. The van der Waals surface area contributed by atoms with E-state index in [2.05, 4.69) is 6.58 Å². The molecule has 0 spiro atoms. The van der Waals surface area contributed by atoms with Gasteiger partial charge in [0, 0.05) is 11.7 Å². The fourth-order valence-electron chi connectivity index (χ4n) is 0.836. The first kappa shape index (κ1) is 11.5. The highest BCUT2D eigenvalue weighted by Gasteiger charge is 2.09. The Kier molecular flexibility index (Phi) is 3.94. The highest BCUT2D eigenvalue weighted by atomic mass is 35.5. The largest absolute Gasteiger partial charge is 0.321 e. The highest BCUT2D eigenvalue weighted by molar-refractivity contribution is 7.61. The molecule has 0 heterocycles. The van der Waals surface area contributed by atoms with Crippen molar-refractivity contribution in [2.24, 2.45) is 0 Å². The van der Waals surface area contributed by atoms with Gasteiger partial charge in [-0.25, -0.2) is 0 Å². The summed E-state index contributed by atoms with van der Waals surface area (Å²) in [6, 6.07) is 7.22. The number of halogens is 1. The Morgan fingerprint density at radius 3 is 2.57 bits per heavy atom. The lowest BCUT2D eigenvalue weighted by molar-refractivity contribution is 0.312. The maximum absolute atomic E-state index is 11.5. The van der Waals surface area contributed by atoms with Crippen molar-refractivity contribution in [2.75, 3.05) is 6.66 Å². The quantitative estimate of drug-likeness (QED) is 0.733. The molecule has 0 amide bonds. The van der Waals surface area contributed by atoms with E-state index in [1.807, 2.05) is 12.1 Å². The molecule has 1 aromatic rings. The summed E-state index contributed by atoms with van der Waals surface area (Å²) in [4.78, 5) is 0. The lowest BCUT2D eigenvalue weighted by atomic mass is 10.2. The summed E-state index contributed by atoms with van der Waals surface area (Å²) in [6.45, 7) is 5.30. The third-order valence-corrected chi connectivity index (χ3v) is 3.29. The zero-order chi connectivity index (χ0) is 10.6. The van der Waals surface area contributed by atoms with Crippen molar-refractivity contribution in [3.63, 3.8) is 0 Å². The summed E-state index contributed by atoms with van der Waals surface area (Å²) in [7, 11) is -2.62. The van der Waals surface area contributed by atoms with Crippen molar-refractivity contribution in [3.05, 3.63) is 47.2 Å². The lowest BCUT2D eigenvalue weighted by Crippen LogP contribution is -1.88. The Labute approximate surface area is 89.0 Å². The Bertz CT molecular complexity index is 359. The number of hydrogen-bond donors (Lipinski definition) is 0. The molecule has 2 nitrogen and oxygen atoms in total. The minimum absolute atomic E-state index is 0.316. The van der Waals surface area contributed by atoms with Crippen LogP contribution in [0.25, 0.3) is 0 Å². The van der Waals surface area contributed by atoms with Crippen LogP contribution in [0.15, 0.2) is 36.7 Å². The summed E-state index contributed by atoms with van der Waals surface area (Å²) in [5.74, 6) is 1.35. The van der Waals surface area contributed by atoms with Crippen LogP contribution in [-0.4, -0.2) is 6.66 Å². The average molecular weight is 231 g/mol.